The van der Waals surface area contributed by atoms with Gasteiger partial charge in [0, 0.05) is 29.0 Å². The summed E-state index contributed by atoms with van der Waals surface area (Å²) in [6.45, 7) is 0.619. The van der Waals surface area contributed by atoms with Gasteiger partial charge in [0.1, 0.15) is 10.6 Å². The van der Waals surface area contributed by atoms with Gasteiger partial charge in [0.25, 0.3) is 0 Å². The maximum atomic E-state index is 12.6. The summed E-state index contributed by atoms with van der Waals surface area (Å²) in [6.07, 6.45) is 5.88. The number of pyridine rings is 1. The molecule has 0 saturated heterocycles. The molecule has 9 heteroatoms. The van der Waals surface area contributed by atoms with Gasteiger partial charge in [-0.2, -0.15) is 5.10 Å². The van der Waals surface area contributed by atoms with Crippen LogP contribution in [0, 0.1) is 0 Å². The van der Waals surface area contributed by atoms with E-state index in [1.165, 1.54) is 17.7 Å². The van der Waals surface area contributed by atoms with Gasteiger partial charge in [-0.05, 0) is 56.0 Å². The van der Waals surface area contributed by atoms with Crippen LogP contribution in [0.15, 0.2) is 47.5 Å². The van der Waals surface area contributed by atoms with Gasteiger partial charge in [-0.15, -0.1) is 0 Å². The van der Waals surface area contributed by atoms with Crippen LogP contribution >= 0.6 is 23.2 Å². The van der Waals surface area contributed by atoms with E-state index in [1.807, 2.05) is 22.9 Å². The zero-order valence-electron chi connectivity index (χ0n) is 15.6. The first-order valence-electron chi connectivity index (χ1n) is 9.40. The predicted molar refractivity (Wildman–Crippen MR) is 114 cm³/mol. The third-order valence-corrected chi connectivity index (χ3v) is 7.14. The Hall–Kier alpha value is -1.93. The van der Waals surface area contributed by atoms with Crippen LogP contribution in [0.4, 0.5) is 0 Å². The van der Waals surface area contributed by atoms with E-state index in [4.69, 9.17) is 28.3 Å². The second-order valence-electron chi connectivity index (χ2n) is 6.89. The number of rotatable bonds is 6. The van der Waals surface area contributed by atoms with Gasteiger partial charge in [-0.25, -0.2) is 13.1 Å². The van der Waals surface area contributed by atoms with E-state index in [0.717, 1.165) is 42.8 Å². The zero-order valence-corrected chi connectivity index (χ0v) is 17.9. The van der Waals surface area contributed by atoms with Gasteiger partial charge in [0.2, 0.25) is 10.0 Å². The molecule has 3 aromatic rings. The summed E-state index contributed by atoms with van der Waals surface area (Å²) in [5.41, 5.74) is 4.12. The number of aromatic nitrogens is 3. The highest BCUT2D eigenvalue weighted by molar-refractivity contribution is 7.89. The molecule has 29 heavy (non-hydrogen) atoms. The van der Waals surface area contributed by atoms with E-state index in [1.54, 1.807) is 12.3 Å². The van der Waals surface area contributed by atoms with Gasteiger partial charge in [0.15, 0.2) is 0 Å². The molecule has 6 nitrogen and oxygen atoms in total. The van der Waals surface area contributed by atoms with Crippen LogP contribution in [0.25, 0.3) is 11.4 Å². The molecule has 0 saturated carbocycles. The maximum absolute atomic E-state index is 12.6. The fraction of sp³-hybridized carbons (Fsp3) is 0.300. The molecule has 2 aromatic heterocycles. The molecule has 1 aliphatic carbocycles. The molecular formula is C20H20Cl2N4O2S. The number of benzene rings is 1. The van der Waals surface area contributed by atoms with Crippen LogP contribution < -0.4 is 4.72 Å². The van der Waals surface area contributed by atoms with Crippen molar-refractivity contribution in [2.75, 3.05) is 6.54 Å². The van der Waals surface area contributed by atoms with Crippen molar-refractivity contribution in [3.63, 3.8) is 0 Å². The quantitative estimate of drug-likeness (QED) is 0.612. The molecule has 0 fully saturated rings. The van der Waals surface area contributed by atoms with Crippen molar-refractivity contribution in [1.29, 1.82) is 0 Å². The van der Waals surface area contributed by atoms with Crippen molar-refractivity contribution in [2.24, 2.45) is 0 Å². The lowest BCUT2D eigenvalue weighted by atomic mass is 9.95. The normalized spacial score (nSPS) is 14.0. The maximum Gasteiger partial charge on any atom is 0.242 e. The first-order valence-corrected chi connectivity index (χ1v) is 11.6. The van der Waals surface area contributed by atoms with Crippen LogP contribution in [0.3, 0.4) is 0 Å². The van der Waals surface area contributed by atoms with E-state index in [9.17, 15) is 8.42 Å². The Morgan fingerprint density at radius 3 is 2.72 bits per heavy atom. The van der Waals surface area contributed by atoms with E-state index in [-0.39, 0.29) is 16.5 Å². The van der Waals surface area contributed by atoms with E-state index < -0.39 is 10.0 Å². The van der Waals surface area contributed by atoms with Crippen LogP contribution in [0.5, 0.6) is 0 Å². The highest BCUT2D eigenvalue weighted by Crippen LogP contribution is 2.30. The van der Waals surface area contributed by atoms with E-state index in [2.05, 4.69) is 9.71 Å². The number of sulfonamides is 1. The third kappa shape index (κ3) is 4.33. The minimum Gasteiger partial charge on any atom is -0.267 e. The van der Waals surface area contributed by atoms with E-state index >= 15 is 0 Å². The minimum atomic E-state index is -3.77. The zero-order chi connectivity index (χ0) is 20.4. The molecule has 152 valence electrons. The Kier molecular flexibility index (Phi) is 5.92. The second kappa shape index (κ2) is 8.44. The average molecular weight is 451 g/mol. The number of halogens is 2. The Morgan fingerprint density at radius 1 is 1.10 bits per heavy atom. The molecule has 0 atom stereocenters. The number of nitrogens with zero attached hydrogens (tertiary/aromatic N) is 3. The third-order valence-electron chi connectivity index (χ3n) is 4.96. The first-order chi connectivity index (χ1) is 14.0. The van der Waals surface area contributed by atoms with Crippen molar-refractivity contribution in [3.8, 4) is 11.4 Å². The van der Waals surface area contributed by atoms with E-state index in [0.29, 0.717) is 11.6 Å². The van der Waals surface area contributed by atoms with Crippen LogP contribution in [-0.4, -0.2) is 29.7 Å². The van der Waals surface area contributed by atoms with Crippen LogP contribution in [0.1, 0.15) is 24.1 Å². The number of hydrogen-bond donors (Lipinski definition) is 1. The monoisotopic (exact) mass is 450 g/mol. The van der Waals surface area contributed by atoms with Gasteiger partial charge in [0.05, 0.1) is 17.3 Å². The molecule has 0 bridgehead atoms. The van der Waals surface area contributed by atoms with Gasteiger partial charge >= 0.3 is 0 Å². The standard InChI is InChI=1S/C20H20Cl2N4O2S/c21-14-8-9-16(22)19(13-14)29(27,28)24-11-12-26-18-7-2-1-5-15(18)20(25-26)17-6-3-4-10-23-17/h3-4,6,8-10,13,24H,1-2,5,7,11-12H2. The average Bonchev–Trinajstić information content (AvgIpc) is 3.09. The van der Waals surface area contributed by atoms with Crippen molar-refractivity contribution in [2.45, 2.75) is 37.1 Å². The predicted octanol–water partition coefficient (Wildman–Crippen LogP) is 4.11. The topological polar surface area (TPSA) is 76.9 Å². The molecule has 0 aliphatic heterocycles. The number of hydrogen-bond acceptors (Lipinski definition) is 4. The van der Waals surface area contributed by atoms with Crippen molar-refractivity contribution in [1.82, 2.24) is 19.5 Å². The number of fused-ring (bicyclic) bond motifs is 1. The molecule has 0 spiro atoms. The summed E-state index contributed by atoms with van der Waals surface area (Å²) in [7, 11) is -3.77. The molecule has 1 aliphatic rings. The number of nitrogens with one attached hydrogen (secondary N) is 1. The van der Waals surface area contributed by atoms with Crippen LogP contribution in [-0.2, 0) is 29.4 Å². The SMILES string of the molecule is O=S(=O)(NCCn1nc(-c2ccccn2)c2c1CCCC2)c1cc(Cl)ccc1Cl. The van der Waals surface area contributed by atoms with Crippen molar-refractivity contribution in [3.05, 3.63) is 63.9 Å². The largest absolute Gasteiger partial charge is 0.267 e. The lowest BCUT2D eigenvalue weighted by Gasteiger charge is -2.14. The molecule has 2 heterocycles. The molecule has 1 N–H and O–H groups in total. The fourth-order valence-electron chi connectivity index (χ4n) is 3.61. The lowest BCUT2D eigenvalue weighted by molar-refractivity contribution is 0.538. The fourth-order valence-corrected chi connectivity index (χ4v) is 5.39. The summed E-state index contributed by atoms with van der Waals surface area (Å²) < 4.78 is 29.7. The minimum absolute atomic E-state index is 0.0247. The second-order valence-corrected chi connectivity index (χ2v) is 9.47. The molecular weight excluding hydrogens is 431 g/mol. The van der Waals surface area contributed by atoms with Crippen molar-refractivity contribution >= 4 is 33.2 Å². The Labute approximate surface area is 179 Å². The van der Waals surface area contributed by atoms with Crippen molar-refractivity contribution < 1.29 is 8.42 Å². The molecule has 0 unspecified atom stereocenters. The summed E-state index contributed by atoms with van der Waals surface area (Å²) >= 11 is 12.0. The van der Waals surface area contributed by atoms with Gasteiger partial charge in [-0.3, -0.25) is 9.67 Å². The summed E-state index contributed by atoms with van der Waals surface area (Å²) in [5.74, 6) is 0. The first kappa shape index (κ1) is 20.3. The summed E-state index contributed by atoms with van der Waals surface area (Å²) in [5, 5.41) is 5.21. The van der Waals surface area contributed by atoms with Gasteiger partial charge < -0.3 is 0 Å². The van der Waals surface area contributed by atoms with Gasteiger partial charge in [-0.1, -0.05) is 29.3 Å². The molecule has 0 amide bonds. The summed E-state index contributed by atoms with van der Waals surface area (Å²) in [4.78, 5) is 4.41. The molecule has 1 aromatic carbocycles. The lowest BCUT2D eigenvalue weighted by Crippen LogP contribution is -2.28. The molecule has 0 radical (unpaired) electrons. The Balaban J connectivity index is 1.55. The van der Waals surface area contributed by atoms with Crippen LogP contribution in [0.2, 0.25) is 10.0 Å². The molecule has 4 rings (SSSR count). The highest BCUT2D eigenvalue weighted by Gasteiger charge is 2.23. The Morgan fingerprint density at radius 2 is 1.93 bits per heavy atom. The Bertz CT molecular complexity index is 1130. The smallest absolute Gasteiger partial charge is 0.242 e. The summed E-state index contributed by atoms with van der Waals surface area (Å²) in [6, 6.07) is 10.1. The highest BCUT2D eigenvalue weighted by atomic mass is 35.5.